The SMILES string of the molecule is Cc1cc(C)cc(C(C(=O)NCc2ccccc2)N(C)C(=O)C(Cc2ccc(O)cc2)NC(=O)OC(C)(C)C)c1. The summed E-state index contributed by atoms with van der Waals surface area (Å²) in [6.07, 6.45) is -0.608. The number of rotatable bonds is 9. The summed E-state index contributed by atoms with van der Waals surface area (Å²) in [4.78, 5) is 41.8. The van der Waals surface area contributed by atoms with E-state index in [1.807, 2.05) is 62.4 Å². The summed E-state index contributed by atoms with van der Waals surface area (Å²) < 4.78 is 5.43. The average molecular weight is 546 g/mol. The van der Waals surface area contributed by atoms with Crippen molar-refractivity contribution in [2.45, 2.75) is 65.3 Å². The van der Waals surface area contributed by atoms with Crippen molar-refractivity contribution < 1.29 is 24.2 Å². The van der Waals surface area contributed by atoms with Crippen LogP contribution < -0.4 is 10.6 Å². The van der Waals surface area contributed by atoms with Gasteiger partial charge in [-0.15, -0.1) is 0 Å². The zero-order valence-electron chi connectivity index (χ0n) is 24.0. The van der Waals surface area contributed by atoms with Crippen LogP contribution in [0.25, 0.3) is 0 Å². The monoisotopic (exact) mass is 545 g/mol. The molecule has 40 heavy (non-hydrogen) atoms. The van der Waals surface area contributed by atoms with E-state index in [-0.39, 0.29) is 18.1 Å². The van der Waals surface area contributed by atoms with Gasteiger partial charge in [0.1, 0.15) is 23.4 Å². The van der Waals surface area contributed by atoms with Crippen molar-refractivity contribution in [3.05, 3.63) is 101 Å². The molecule has 2 atom stereocenters. The quantitative estimate of drug-likeness (QED) is 0.352. The molecular weight excluding hydrogens is 506 g/mol. The van der Waals surface area contributed by atoms with Gasteiger partial charge in [-0.1, -0.05) is 71.8 Å². The molecule has 0 aliphatic rings. The molecule has 0 aliphatic heterocycles. The van der Waals surface area contributed by atoms with Crippen LogP contribution in [0.15, 0.2) is 72.8 Å². The van der Waals surface area contributed by atoms with Gasteiger partial charge in [0.25, 0.3) is 0 Å². The number of aromatic hydroxyl groups is 1. The average Bonchev–Trinajstić information content (AvgIpc) is 2.87. The number of hydrogen-bond donors (Lipinski definition) is 3. The summed E-state index contributed by atoms with van der Waals surface area (Å²) in [6, 6.07) is 19.7. The molecule has 0 spiro atoms. The number of carbonyl (C=O) groups excluding carboxylic acids is 3. The van der Waals surface area contributed by atoms with E-state index in [2.05, 4.69) is 10.6 Å². The third-order valence-electron chi connectivity index (χ3n) is 6.22. The van der Waals surface area contributed by atoms with Gasteiger partial charge in [-0.3, -0.25) is 9.59 Å². The van der Waals surface area contributed by atoms with Crippen molar-refractivity contribution in [2.24, 2.45) is 0 Å². The van der Waals surface area contributed by atoms with Crippen molar-refractivity contribution in [3.8, 4) is 5.75 Å². The fraction of sp³-hybridized carbons (Fsp3) is 0.344. The summed E-state index contributed by atoms with van der Waals surface area (Å²) >= 11 is 0. The van der Waals surface area contributed by atoms with Crippen LogP contribution in [0.5, 0.6) is 5.75 Å². The number of phenols is 1. The van der Waals surface area contributed by atoms with Gasteiger partial charge in [-0.2, -0.15) is 0 Å². The van der Waals surface area contributed by atoms with Crippen LogP contribution >= 0.6 is 0 Å². The van der Waals surface area contributed by atoms with E-state index < -0.39 is 29.7 Å². The number of carbonyl (C=O) groups is 3. The molecule has 212 valence electrons. The number of ether oxygens (including phenoxy) is 1. The van der Waals surface area contributed by atoms with E-state index in [1.165, 1.54) is 17.0 Å². The third kappa shape index (κ3) is 8.86. The van der Waals surface area contributed by atoms with Crippen LogP contribution in [0, 0.1) is 13.8 Å². The minimum atomic E-state index is -1.03. The number of hydrogen-bond acceptors (Lipinski definition) is 5. The second-order valence-corrected chi connectivity index (χ2v) is 11.0. The molecule has 3 aromatic carbocycles. The van der Waals surface area contributed by atoms with E-state index in [0.717, 1.165) is 22.3 Å². The molecule has 0 heterocycles. The van der Waals surface area contributed by atoms with Crippen molar-refractivity contribution >= 4 is 17.9 Å². The Balaban J connectivity index is 1.94. The zero-order chi connectivity index (χ0) is 29.4. The molecule has 3 N–H and O–H groups in total. The molecule has 0 aliphatic carbocycles. The predicted octanol–water partition coefficient (Wildman–Crippen LogP) is 4.96. The van der Waals surface area contributed by atoms with Crippen LogP contribution in [0.1, 0.15) is 54.6 Å². The molecule has 0 aromatic heterocycles. The molecule has 0 saturated heterocycles. The van der Waals surface area contributed by atoms with Gasteiger partial charge in [0.2, 0.25) is 11.8 Å². The summed E-state index contributed by atoms with van der Waals surface area (Å²) in [7, 11) is 1.56. The molecule has 3 amide bonds. The molecule has 0 saturated carbocycles. The maximum absolute atomic E-state index is 14.0. The third-order valence-corrected chi connectivity index (χ3v) is 6.22. The standard InChI is InChI=1S/C32H39N3O5/c1-21-16-22(2)18-25(17-21)28(29(37)33-20-24-10-8-7-9-11-24)35(6)30(38)27(34-31(39)40-32(3,4)5)19-23-12-14-26(36)15-13-23/h7-18,27-28,36H,19-20H2,1-6H3,(H,33,37)(H,34,39). The first kappa shape index (κ1) is 30.2. The Hall–Kier alpha value is -4.33. The Labute approximate surface area is 236 Å². The minimum absolute atomic E-state index is 0.0915. The number of benzene rings is 3. The van der Waals surface area contributed by atoms with Gasteiger partial charge < -0.3 is 25.4 Å². The smallest absolute Gasteiger partial charge is 0.408 e. The van der Waals surface area contributed by atoms with E-state index in [0.29, 0.717) is 12.1 Å². The van der Waals surface area contributed by atoms with Gasteiger partial charge >= 0.3 is 6.09 Å². The van der Waals surface area contributed by atoms with Crippen molar-refractivity contribution in [1.29, 1.82) is 0 Å². The van der Waals surface area contributed by atoms with E-state index in [4.69, 9.17) is 4.74 Å². The summed E-state index contributed by atoms with van der Waals surface area (Å²) in [5, 5.41) is 15.4. The maximum atomic E-state index is 14.0. The predicted molar refractivity (Wildman–Crippen MR) is 155 cm³/mol. The largest absolute Gasteiger partial charge is 0.508 e. The van der Waals surface area contributed by atoms with Gasteiger partial charge in [0.05, 0.1) is 0 Å². The summed E-state index contributed by atoms with van der Waals surface area (Å²) in [6.45, 7) is 9.40. The van der Waals surface area contributed by atoms with Gasteiger partial charge in [-0.05, 0) is 63.4 Å². The van der Waals surface area contributed by atoms with Gasteiger partial charge in [-0.25, -0.2) is 4.79 Å². The lowest BCUT2D eigenvalue weighted by Gasteiger charge is -2.32. The Bertz CT molecular complexity index is 1300. The Morgan fingerprint density at radius 1 is 0.900 bits per heavy atom. The van der Waals surface area contributed by atoms with Crippen LogP contribution in [0.4, 0.5) is 4.79 Å². The van der Waals surface area contributed by atoms with Crippen molar-refractivity contribution in [1.82, 2.24) is 15.5 Å². The lowest BCUT2D eigenvalue weighted by Crippen LogP contribution is -2.52. The topological polar surface area (TPSA) is 108 Å². The van der Waals surface area contributed by atoms with Crippen LogP contribution in [-0.4, -0.2) is 46.6 Å². The highest BCUT2D eigenvalue weighted by molar-refractivity contribution is 5.92. The molecule has 3 rings (SSSR count). The first-order valence-corrected chi connectivity index (χ1v) is 13.3. The molecule has 2 unspecified atom stereocenters. The van der Waals surface area contributed by atoms with Crippen LogP contribution in [-0.2, 0) is 27.3 Å². The zero-order valence-corrected chi connectivity index (χ0v) is 24.0. The highest BCUT2D eigenvalue weighted by Gasteiger charge is 2.34. The summed E-state index contributed by atoms with van der Waals surface area (Å²) in [5.74, 6) is -0.711. The van der Waals surface area contributed by atoms with Crippen molar-refractivity contribution in [3.63, 3.8) is 0 Å². The lowest BCUT2D eigenvalue weighted by atomic mass is 9.98. The fourth-order valence-electron chi connectivity index (χ4n) is 4.49. The first-order chi connectivity index (χ1) is 18.8. The van der Waals surface area contributed by atoms with E-state index in [9.17, 15) is 19.5 Å². The number of nitrogens with one attached hydrogen (secondary N) is 2. The second kappa shape index (κ2) is 13.2. The molecular formula is C32H39N3O5. The minimum Gasteiger partial charge on any atom is -0.508 e. The molecule has 8 heteroatoms. The van der Waals surface area contributed by atoms with Crippen molar-refractivity contribution in [2.75, 3.05) is 7.05 Å². The molecule has 0 radical (unpaired) electrons. The lowest BCUT2D eigenvalue weighted by molar-refractivity contribution is -0.140. The molecule has 0 bridgehead atoms. The van der Waals surface area contributed by atoms with Crippen LogP contribution in [0.3, 0.4) is 0 Å². The van der Waals surface area contributed by atoms with Crippen LogP contribution in [0.2, 0.25) is 0 Å². The number of alkyl carbamates (subject to hydrolysis) is 1. The fourth-order valence-corrected chi connectivity index (χ4v) is 4.49. The maximum Gasteiger partial charge on any atom is 0.408 e. The number of likely N-dealkylation sites (N-methyl/N-ethyl adjacent to an activating group) is 1. The summed E-state index contributed by atoms with van der Waals surface area (Å²) in [5.41, 5.74) is 3.48. The highest BCUT2D eigenvalue weighted by Crippen LogP contribution is 2.24. The van der Waals surface area contributed by atoms with Gasteiger partial charge in [0.15, 0.2) is 0 Å². The number of aryl methyl sites for hydroxylation is 2. The highest BCUT2D eigenvalue weighted by atomic mass is 16.6. The first-order valence-electron chi connectivity index (χ1n) is 13.3. The number of phenolic OH excluding ortho intramolecular Hbond substituents is 1. The Morgan fingerprint density at radius 2 is 1.50 bits per heavy atom. The molecule has 8 nitrogen and oxygen atoms in total. The number of amides is 3. The number of nitrogens with zero attached hydrogens (tertiary/aromatic N) is 1. The van der Waals surface area contributed by atoms with E-state index >= 15 is 0 Å². The van der Waals surface area contributed by atoms with Gasteiger partial charge in [0, 0.05) is 20.0 Å². The Kier molecular flexibility index (Phi) is 9.93. The second-order valence-electron chi connectivity index (χ2n) is 11.0. The van der Waals surface area contributed by atoms with E-state index in [1.54, 1.807) is 40.0 Å². The Morgan fingerprint density at radius 3 is 2.08 bits per heavy atom. The molecule has 3 aromatic rings. The normalized spacial score (nSPS) is 12.7. The molecule has 0 fully saturated rings.